The van der Waals surface area contributed by atoms with E-state index in [0.717, 1.165) is 22.0 Å². The Morgan fingerprint density at radius 2 is 1.63 bits per heavy atom. The zero-order valence-electron chi connectivity index (χ0n) is 14.9. The molecule has 4 rings (SSSR count). The highest BCUT2D eigenvalue weighted by Gasteiger charge is 2.12. The number of H-pyrrole nitrogens is 1. The maximum absolute atomic E-state index is 9.17. The van der Waals surface area contributed by atoms with Crippen molar-refractivity contribution < 1.29 is 9.47 Å². The van der Waals surface area contributed by atoms with E-state index in [0.29, 0.717) is 29.5 Å². The predicted molar refractivity (Wildman–Crippen MR) is 105 cm³/mol. The fourth-order valence-electron chi connectivity index (χ4n) is 2.99. The fourth-order valence-corrected chi connectivity index (χ4v) is 2.99. The number of rotatable bonds is 5. The summed E-state index contributed by atoms with van der Waals surface area (Å²) in [5, 5.41) is 10.0. The summed E-state index contributed by atoms with van der Waals surface area (Å²) in [6.07, 6.45) is 0. The molecule has 0 saturated carbocycles. The van der Waals surface area contributed by atoms with Crippen LogP contribution in [0.5, 0.6) is 17.2 Å². The van der Waals surface area contributed by atoms with Crippen LogP contribution in [0.1, 0.15) is 16.8 Å². The molecule has 0 aliphatic rings. The van der Waals surface area contributed by atoms with Crippen LogP contribution in [0.3, 0.4) is 0 Å². The Kier molecular flexibility index (Phi) is 4.51. The molecule has 1 aromatic heterocycles. The smallest absolute Gasteiger partial charge is 0.169 e. The van der Waals surface area contributed by atoms with Crippen molar-refractivity contribution in [3.63, 3.8) is 0 Å². The molecule has 1 heterocycles. The second-order valence-corrected chi connectivity index (χ2v) is 6.34. The number of nitrogens with zero attached hydrogens (tertiary/aromatic N) is 1. The van der Waals surface area contributed by atoms with Crippen LogP contribution in [-0.2, 0) is 6.61 Å². The maximum Gasteiger partial charge on any atom is 0.169 e. The number of nitrogens with one attached hydrogen (secondary N) is 1. The molecule has 4 nitrogen and oxygen atoms in total. The van der Waals surface area contributed by atoms with Gasteiger partial charge in [-0.15, -0.1) is 0 Å². The third kappa shape index (κ3) is 3.63. The molecule has 0 aliphatic heterocycles. The monoisotopic (exact) mass is 354 g/mol. The molecule has 0 aliphatic carbocycles. The highest BCUT2D eigenvalue weighted by atomic mass is 16.5. The van der Waals surface area contributed by atoms with Crippen LogP contribution >= 0.6 is 0 Å². The second-order valence-electron chi connectivity index (χ2n) is 6.34. The summed E-state index contributed by atoms with van der Waals surface area (Å²) in [7, 11) is 0. The minimum Gasteiger partial charge on any atom is -0.485 e. The average molecular weight is 354 g/mol. The lowest BCUT2D eigenvalue weighted by Crippen LogP contribution is -1.97. The van der Waals surface area contributed by atoms with Gasteiger partial charge in [-0.2, -0.15) is 5.26 Å². The number of benzene rings is 3. The number of aromatic nitrogens is 1. The minimum atomic E-state index is 0.465. The normalized spacial score (nSPS) is 10.5. The first-order chi connectivity index (χ1) is 13.2. The third-order valence-electron chi connectivity index (χ3n) is 4.27. The molecule has 0 amide bonds. The lowest BCUT2D eigenvalue weighted by Gasteiger charge is -2.13. The van der Waals surface area contributed by atoms with Gasteiger partial charge in [-0.25, -0.2) is 0 Å². The summed E-state index contributed by atoms with van der Waals surface area (Å²) < 4.78 is 12.2. The first-order valence-electron chi connectivity index (χ1n) is 8.70. The van der Waals surface area contributed by atoms with Gasteiger partial charge in [0.15, 0.2) is 11.5 Å². The molecule has 1 N–H and O–H groups in total. The van der Waals surface area contributed by atoms with Crippen molar-refractivity contribution in [2.24, 2.45) is 0 Å². The number of para-hydroxylation sites is 2. The van der Waals surface area contributed by atoms with Crippen molar-refractivity contribution in [2.45, 2.75) is 13.5 Å². The largest absolute Gasteiger partial charge is 0.485 e. The second kappa shape index (κ2) is 7.27. The highest BCUT2D eigenvalue weighted by Crippen LogP contribution is 2.36. The van der Waals surface area contributed by atoms with E-state index in [2.05, 4.69) is 11.1 Å². The Hall–Kier alpha value is -3.71. The van der Waals surface area contributed by atoms with Crippen LogP contribution in [0.25, 0.3) is 10.9 Å². The Morgan fingerprint density at radius 3 is 2.41 bits per heavy atom. The van der Waals surface area contributed by atoms with Crippen molar-refractivity contribution in [2.75, 3.05) is 0 Å². The van der Waals surface area contributed by atoms with Crippen molar-refractivity contribution in [1.29, 1.82) is 5.26 Å². The number of aromatic amines is 1. The number of hydrogen-bond donors (Lipinski definition) is 1. The molecule has 4 aromatic rings. The number of nitriles is 1. The van der Waals surface area contributed by atoms with Crippen molar-refractivity contribution in [1.82, 2.24) is 4.98 Å². The van der Waals surface area contributed by atoms with Gasteiger partial charge in [0, 0.05) is 5.39 Å². The van der Waals surface area contributed by atoms with Crippen LogP contribution in [0.4, 0.5) is 0 Å². The Bertz CT molecular complexity index is 1120. The van der Waals surface area contributed by atoms with E-state index >= 15 is 0 Å². The van der Waals surface area contributed by atoms with Gasteiger partial charge in [0.1, 0.15) is 24.1 Å². The summed E-state index contributed by atoms with van der Waals surface area (Å²) in [5.41, 5.74) is 3.53. The van der Waals surface area contributed by atoms with Crippen molar-refractivity contribution in [3.05, 3.63) is 89.6 Å². The van der Waals surface area contributed by atoms with Crippen LogP contribution in [0.15, 0.2) is 72.8 Å². The first kappa shape index (κ1) is 16.7. The Balaban J connectivity index is 1.64. The molecule has 0 spiro atoms. The van der Waals surface area contributed by atoms with E-state index < -0.39 is 0 Å². The molecule has 0 saturated heterocycles. The summed E-state index contributed by atoms with van der Waals surface area (Å²) in [5.74, 6) is 2.01. The van der Waals surface area contributed by atoms with Gasteiger partial charge in [-0.3, -0.25) is 0 Å². The topological polar surface area (TPSA) is 58.0 Å². The third-order valence-corrected chi connectivity index (χ3v) is 4.27. The van der Waals surface area contributed by atoms with Gasteiger partial charge in [-0.1, -0.05) is 42.5 Å². The molecular formula is C23H18N2O2. The summed E-state index contributed by atoms with van der Waals surface area (Å²) in [4.78, 5) is 3.10. The quantitative estimate of drug-likeness (QED) is 0.499. The summed E-state index contributed by atoms with van der Waals surface area (Å²) >= 11 is 0. The standard InChI is InChI=1S/C23H18N2O2/c1-16-11-20-19(13-18(14-24)25-20)23(12-16)27-22-10-6-5-9-21(22)26-15-17-7-3-2-4-8-17/h2-13,25H,15H2,1H3. The zero-order chi connectivity index (χ0) is 18.6. The summed E-state index contributed by atoms with van der Waals surface area (Å²) in [6, 6.07) is 25.5. The maximum atomic E-state index is 9.17. The minimum absolute atomic E-state index is 0.465. The van der Waals surface area contributed by atoms with E-state index in [4.69, 9.17) is 14.7 Å². The van der Waals surface area contributed by atoms with Gasteiger partial charge < -0.3 is 14.5 Å². The number of fused-ring (bicyclic) bond motifs is 1. The van der Waals surface area contributed by atoms with E-state index in [1.165, 1.54) is 0 Å². The number of hydrogen-bond acceptors (Lipinski definition) is 3. The van der Waals surface area contributed by atoms with Crippen LogP contribution < -0.4 is 9.47 Å². The molecule has 0 atom stereocenters. The van der Waals surface area contributed by atoms with E-state index in [1.807, 2.05) is 73.7 Å². The lowest BCUT2D eigenvalue weighted by molar-refractivity contribution is 0.292. The number of aryl methyl sites for hydroxylation is 1. The molecule has 27 heavy (non-hydrogen) atoms. The Morgan fingerprint density at radius 1 is 0.889 bits per heavy atom. The fraction of sp³-hybridized carbons (Fsp3) is 0.0870. The molecule has 132 valence electrons. The van der Waals surface area contributed by atoms with Gasteiger partial charge >= 0.3 is 0 Å². The predicted octanol–water partition coefficient (Wildman–Crippen LogP) is 5.72. The van der Waals surface area contributed by atoms with Gasteiger partial charge in [0.2, 0.25) is 0 Å². The van der Waals surface area contributed by atoms with Gasteiger partial charge in [-0.05, 0) is 48.4 Å². The van der Waals surface area contributed by atoms with Gasteiger partial charge in [0.25, 0.3) is 0 Å². The van der Waals surface area contributed by atoms with Crippen molar-refractivity contribution in [3.8, 4) is 23.3 Å². The number of ether oxygens (including phenoxy) is 2. The van der Waals surface area contributed by atoms with Gasteiger partial charge in [0.05, 0.1) is 5.52 Å². The highest BCUT2D eigenvalue weighted by molar-refractivity contribution is 5.88. The zero-order valence-corrected chi connectivity index (χ0v) is 14.9. The van der Waals surface area contributed by atoms with Crippen LogP contribution in [0, 0.1) is 18.3 Å². The molecule has 4 heteroatoms. The lowest BCUT2D eigenvalue weighted by atomic mass is 10.1. The van der Waals surface area contributed by atoms with Crippen LogP contribution in [0.2, 0.25) is 0 Å². The van der Waals surface area contributed by atoms with E-state index in [9.17, 15) is 0 Å². The van der Waals surface area contributed by atoms with E-state index in [1.54, 1.807) is 6.07 Å². The average Bonchev–Trinajstić information content (AvgIpc) is 3.11. The molecule has 0 unspecified atom stereocenters. The van der Waals surface area contributed by atoms with Crippen LogP contribution in [-0.4, -0.2) is 4.98 Å². The SMILES string of the molecule is Cc1cc(Oc2ccccc2OCc2ccccc2)c2cc(C#N)[nH]c2c1. The molecule has 0 fully saturated rings. The van der Waals surface area contributed by atoms with E-state index in [-0.39, 0.29) is 0 Å². The molecule has 0 radical (unpaired) electrons. The molecule has 3 aromatic carbocycles. The van der Waals surface area contributed by atoms with Crippen molar-refractivity contribution >= 4 is 10.9 Å². The molecular weight excluding hydrogens is 336 g/mol. The Labute approximate surface area is 157 Å². The molecule has 0 bridgehead atoms. The summed E-state index contributed by atoms with van der Waals surface area (Å²) in [6.45, 7) is 2.46. The first-order valence-corrected chi connectivity index (χ1v) is 8.70.